The van der Waals surface area contributed by atoms with E-state index in [9.17, 15) is 9.59 Å². The van der Waals surface area contributed by atoms with Crippen LogP contribution >= 0.6 is 23.2 Å². The average molecular weight is 314 g/mol. The number of ketones is 1. The van der Waals surface area contributed by atoms with Gasteiger partial charge in [-0.25, -0.2) is 9.48 Å². The normalized spacial score (nSPS) is 10.3. The Bertz CT molecular complexity index is 670. The van der Waals surface area contributed by atoms with Crippen molar-refractivity contribution in [3.05, 3.63) is 45.7 Å². The summed E-state index contributed by atoms with van der Waals surface area (Å²) in [5.41, 5.74) is 0.355. The predicted octanol–water partition coefficient (Wildman–Crippen LogP) is 2.25. The van der Waals surface area contributed by atoms with Crippen LogP contribution in [0.1, 0.15) is 20.8 Å². The van der Waals surface area contributed by atoms with E-state index in [1.807, 2.05) is 0 Å². The quantitative estimate of drug-likeness (QED) is 0.639. The molecule has 0 amide bonds. The summed E-state index contributed by atoms with van der Waals surface area (Å²) < 4.78 is 5.73. The molecule has 0 bridgehead atoms. The summed E-state index contributed by atoms with van der Waals surface area (Å²) in [5.74, 6) is -0.888. The van der Waals surface area contributed by atoms with Crippen LogP contribution in [-0.2, 0) is 11.3 Å². The first-order valence-electron chi connectivity index (χ1n) is 5.48. The molecule has 0 saturated carbocycles. The molecule has 6 nitrogen and oxygen atoms in total. The van der Waals surface area contributed by atoms with E-state index in [1.54, 1.807) is 6.07 Å². The molecule has 0 fully saturated rings. The standard InChI is InChI=1S/C12H9Cl2N3O3/c1-20-12(19)10-5-17(16-15-10)6-11(18)8-3-2-7(13)4-9(8)14/h2-5H,6H2,1H3. The summed E-state index contributed by atoms with van der Waals surface area (Å²) in [4.78, 5) is 23.3. The molecule has 104 valence electrons. The van der Waals surface area contributed by atoms with E-state index in [4.69, 9.17) is 23.2 Å². The number of rotatable bonds is 4. The van der Waals surface area contributed by atoms with Gasteiger partial charge in [0.25, 0.3) is 0 Å². The molecular formula is C12H9Cl2N3O3. The second-order valence-electron chi connectivity index (χ2n) is 3.84. The lowest BCUT2D eigenvalue weighted by atomic mass is 10.1. The van der Waals surface area contributed by atoms with E-state index in [0.29, 0.717) is 10.6 Å². The van der Waals surface area contributed by atoms with E-state index in [0.717, 1.165) is 0 Å². The van der Waals surface area contributed by atoms with Crippen molar-refractivity contribution in [3.8, 4) is 0 Å². The minimum Gasteiger partial charge on any atom is -0.464 e. The lowest BCUT2D eigenvalue weighted by molar-refractivity contribution is 0.0593. The summed E-state index contributed by atoms with van der Waals surface area (Å²) in [6, 6.07) is 4.59. The Labute approximate surface area is 124 Å². The third-order valence-corrected chi connectivity index (χ3v) is 3.02. The topological polar surface area (TPSA) is 74.1 Å². The Hall–Kier alpha value is -1.92. The van der Waals surface area contributed by atoms with Gasteiger partial charge in [-0.3, -0.25) is 4.79 Å². The van der Waals surface area contributed by atoms with Crippen LogP contribution in [0.15, 0.2) is 24.4 Å². The molecule has 20 heavy (non-hydrogen) atoms. The monoisotopic (exact) mass is 313 g/mol. The van der Waals surface area contributed by atoms with Crippen LogP contribution in [0.4, 0.5) is 0 Å². The number of carbonyl (C=O) groups excluding carboxylic acids is 2. The molecule has 2 rings (SSSR count). The fraction of sp³-hybridized carbons (Fsp3) is 0.167. The zero-order valence-electron chi connectivity index (χ0n) is 10.3. The van der Waals surface area contributed by atoms with Gasteiger partial charge in [-0.1, -0.05) is 28.4 Å². The number of nitrogens with zero attached hydrogens (tertiary/aromatic N) is 3. The maximum atomic E-state index is 12.1. The Morgan fingerprint density at radius 3 is 2.75 bits per heavy atom. The molecule has 1 aromatic heterocycles. The van der Waals surface area contributed by atoms with Gasteiger partial charge in [0.2, 0.25) is 0 Å². The number of methoxy groups -OCH3 is 1. The van der Waals surface area contributed by atoms with Crippen LogP contribution in [0.25, 0.3) is 0 Å². The second-order valence-corrected chi connectivity index (χ2v) is 4.68. The summed E-state index contributed by atoms with van der Waals surface area (Å²) >= 11 is 11.7. The third kappa shape index (κ3) is 3.15. The number of hydrogen-bond donors (Lipinski definition) is 0. The Morgan fingerprint density at radius 1 is 1.35 bits per heavy atom. The molecule has 8 heteroatoms. The Balaban J connectivity index is 2.15. The number of hydrogen-bond acceptors (Lipinski definition) is 5. The van der Waals surface area contributed by atoms with E-state index in [-0.39, 0.29) is 23.0 Å². The second kappa shape index (κ2) is 6.02. The van der Waals surface area contributed by atoms with Gasteiger partial charge in [0, 0.05) is 10.6 Å². The first-order chi connectivity index (χ1) is 9.51. The SMILES string of the molecule is COC(=O)c1cn(CC(=O)c2ccc(Cl)cc2Cl)nn1. The zero-order chi connectivity index (χ0) is 14.7. The highest BCUT2D eigenvalue weighted by Gasteiger charge is 2.15. The molecule has 1 heterocycles. The molecule has 0 unspecified atom stereocenters. The summed E-state index contributed by atoms with van der Waals surface area (Å²) in [5, 5.41) is 7.98. The van der Waals surface area contributed by atoms with Gasteiger partial charge in [-0.05, 0) is 18.2 Å². The van der Waals surface area contributed by atoms with Gasteiger partial charge >= 0.3 is 5.97 Å². The minimum absolute atomic E-state index is 0.0301. The molecular weight excluding hydrogens is 305 g/mol. The molecule has 0 N–H and O–H groups in total. The number of Topliss-reactive ketones (excluding diaryl/α,β-unsaturated/α-hetero) is 1. The molecule has 0 aliphatic carbocycles. The van der Waals surface area contributed by atoms with Gasteiger partial charge in [-0.15, -0.1) is 5.10 Å². The van der Waals surface area contributed by atoms with Gasteiger partial charge in [-0.2, -0.15) is 0 Å². The molecule has 0 radical (unpaired) electrons. The summed E-state index contributed by atoms with van der Waals surface area (Å²) in [7, 11) is 1.24. The van der Waals surface area contributed by atoms with Crippen LogP contribution in [0, 0.1) is 0 Å². The van der Waals surface area contributed by atoms with E-state index in [1.165, 1.54) is 30.1 Å². The number of benzene rings is 1. The summed E-state index contributed by atoms with van der Waals surface area (Å²) in [6.07, 6.45) is 1.33. The highest BCUT2D eigenvalue weighted by molar-refractivity contribution is 6.36. The van der Waals surface area contributed by atoms with Crippen LogP contribution < -0.4 is 0 Å². The van der Waals surface area contributed by atoms with Gasteiger partial charge in [0.05, 0.1) is 18.3 Å². The fourth-order valence-corrected chi connectivity index (χ4v) is 2.04. The van der Waals surface area contributed by atoms with Gasteiger partial charge in [0.1, 0.15) is 6.54 Å². The zero-order valence-corrected chi connectivity index (χ0v) is 11.9. The van der Waals surface area contributed by atoms with Crippen LogP contribution in [0.2, 0.25) is 10.0 Å². The van der Waals surface area contributed by atoms with Crippen molar-refractivity contribution in [1.82, 2.24) is 15.0 Å². The van der Waals surface area contributed by atoms with Crippen molar-refractivity contribution in [2.75, 3.05) is 7.11 Å². The molecule has 0 saturated heterocycles. The molecule has 0 atom stereocenters. The highest BCUT2D eigenvalue weighted by atomic mass is 35.5. The average Bonchev–Trinajstić information content (AvgIpc) is 2.86. The number of ether oxygens (including phenoxy) is 1. The van der Waals surface area contributed by atoms with E-state index in [2.05, 4.69) is 15.0 Å². The Kier molecular flexibility index (Phi) is 4.36. The van der Waals surface area contributed by atoms with Crippen molar-refractivity contribution >= 4 is 35.0 Å². The smallest absolute Gasteiger partial charge is 0.360 e. The number of esters is 1. The van der Waals surface area contributed by atoms with Crippen LogP contribution in [0.3, 0.4) is 0 Å². The van der Waals surface area contributed by atoms with Gasteiger partial charge in [0.15, 0.2) is 11.5 Å². The lowest BCUT2D eigenvalue weighted by Crippen LogP contribution is -2.11. The third-order valence-electron chi connectivity index (χ3n) is 2.47. The van der Waals surface area contributed by atoms with E-state index < -0.39 is 5.97 Å². The molecule has 0 aliphatic heterocycles. The van der Waals surface area contributed by atoms with Crippen molar-refractivity contribution in [3.63, 3.8) is 0 Å². The molecule has 0 spiro atoms. The Morgan fingerprint density at radius 2 is 2.10 bits per heavy atom. The van der Waals surface area contributed by atoms with Crippen molar-refractivity contribution in [2.24, 2.45) is 0 Å². The van der Waals surface area contributed by atoms with Crippen LogP contribution in [-0.4, -0.2) is 33.9 Å². The predicted molar refractivity (Wildman–Crippen MR) is 72.2 cm³/mol. The van der Waals surface area contributed by atoms with Crippen molar-refractivity contribution < 1.29 is 14.3 Å². The number of aromatic nitrogens is 3. The highest BCUT2D eigenvalue weighted by Crippen LogP contribution is 2.21. The van der Waals surface area contributed by atoms with Crippen molar-refractivity contribution in [1.29, 1.82) is 0 Å². The fourth-order valence-electron chi connectivity index (χ4n) is 1.52. The maximum absolute atomic E-state index is 12.1. The first kappa shape index (κ1) is 14.5. The van der Waals surface area contributed by atoms with E-state index >= 15 is 0 Å². The maximum Gasteiger partial charge on any atom is 0.360 e. The van der Waals surface area contributed by atoms with Crippen LogP contribution in [0.5, 0.6) is 0 Å². The molecule has 2 aromatic rings. The number of halogens is 2. The van der Waals surface area contributed by atoms with Crippen molar-refractivity contribution in [2.45, 2.75) is 6.54 Å². The lowest BCUT2D eigenvalue weighted by Gasteiger charge is -2.03. The number of carbonyl (C=O) groups is 2. The first-order valence-corrected chi connectivity index (χ1v) is 6.23. The van der Waals surface area contributed by atoms with Gasteiger partial charge < -0.3 is 4.74 Å². The molecule has 1 aromatic carbocycles. The minimum atomic E-state index is -0.617. The molecule has 0 aliphatic rings. The largest absolute Gasteiger partial charge is 0.464 e. The summed E-state index contributed by atoms with van der Waals surface area (Å²) in [6.45, 7) is -0.0919.